The van der Waals surface area contributed by atoms with Gasteiger partial charge in [0.2, 0.25) is 0 Å². The molecule has 5 heteroatoms. The second kappa shape index (κ2) is 5.31. The van der Waals surface area contributed by atoms with Crippen molar-refractivity contribution in [3.05, 3.63) is 32.2 Å². The Morgan fingerprint density at radius 3 is 2.06 bits per heavy atom. The van der Waals surface area contributed by atoms with Crippen LogP contribution in [-0.2, 0) is 4.74 Å². The molecule has 1 rings (SSSR count). The maximum Gasteiger partial charge on any atom is 0.338 e. The van der Waals surface area contributed by atoms with Crippen molar-refractivity contribution in [2.24, 2.45) is 0 Å². The van der Waals surface area contributed by atoms with Crippen molar-refractivity contribution >= 4 is 44.1 Å². The Morgan fingerprint density at radius 1 is 1.24 bits per heavy atom. The summed E-state index contributed by atoms with van der Waals surface area (Å²) in [4.78, 5) is 22.6. The molecule has 0 amide bonds. The summed E-state index contributed by atoms with van der Waals surface area (Å²) in [6, 6.07) is 3.14. The predicted octanol–water partition coefficient (Wildman–Crippen LogP) is 3.98. The number of benzene rings is 1. The molecular weight excluding hydrogens is 352 g/mol. The molecule has 0 atom stereocenters. The first-order chi connectivity index (χ1) is 7.74. The van der Waals surface area contributed by atoms with Crippen LogP contribution in [0.1, 0.15) is 41.5 Å². The first-order valence-corrected chi connectivity index (χ1v) is 6.51. The summed E-state index contributed by atoms with van der Waals surface area (Å²) < 4.78 is 6.35. The molecule has 1 aromatic carbocycles. The molecule has 0 aromatic heterocycles. The van der Waals surface area contributed by atoms with Crippen molar-refractivity contribution in [2.75, 3.05) is 0 Å². The molecule has 0 heterocycles. The number of ether oxygens (including phenoxy) is 1. The number of esters is 1. The lowest BCUT2D eigenvalue weighted by Crippen LogP contribution is -2.24. The molecule has 0 saturated carbocycles. The van der Waals surface area contributed by atoms with E-state index >= 15 is 0 Å². The second-order valence-electron chi connectivity index (χ2n) is 4.47. The molecule has 0 fully saturated rings. The standard InChI is InChI=1S/C12H12Br2O3/c1-12(2,3)17-11(16)7-4-9(13)8(6-15)10(14)5-7/h4-6H,1-3H3. The molecule has 92 valence electrons. The number of hydrogen-bond donors (Lipinski definition) is 0. The van der Waals surface area contributed by atoms with E-state index in [1.165, 1.54) is 0 Å². The van der Waals surface area contributed by atoms with E-state index in [0.717, 1.165) is 0 Å². The van der Waals surface area contributed by atoms with Crippen molar-refractivity contribution in [3.8, 4) is 0 Å². The van der Waals surface area contributed by atoms with E-state index in [-0.39, 0.29) is 0 Å². The number of halogens is 2. The second-order valence-corrected chi connectivity index (χ2v) is 6.18. The Bertz CT molecular complexity index is 438. The summed E-state index contributed by atoms with van der Waals surface area (Å²) in [5.41, 5.74) is 0.320. The van der Waals surface area contributed by atoms with Crippen LogP contribution in [0.5, 0.6) is 0 Å². The van der Waals surface area contributed by atoms with E-state index in [1.807, 2.05) is 0 Å². The van der Waals surface area contributed by atoms with Crippen molar-refractivity contribution in [2.45, 2.75) is 26.4 Å². The molecule has 0 N–H and O–H groups in total. The van der Waals surface area contributed by atoms with Gasteiger partial charge in [-0.05, 0) is 64.8 Å². The maximum absolute atomic E-state index is 11.8. The van der Waals surface area contributed by atoms with Gasteiger partial charge in [-0.25, -0.2) is 4.79 Å². The minimum atomic E-state index is -0.542. The Hall–Kier alpha value is -0.680. The number of aldehydes is 1. The molecule has 17 heavy (non-hydrogen) atoms. The zero-order valence-corrected chi connectivity index (χ0v) is 12.9. The molecule has 0 unspecified atom stereocenters. The molecule has 0 spiro atoms. The summed E-state index contributed by atoms with van der Waals surface area (Å²) in [5.74, 6) is -0.420. The normalized spacial score (nSPS) is 11.1. The van der Waals surface area contributed by atoms with Gasteiger partial charge in [0.25, 0.3) is 0 Å². The smallest absolute Gasteiger partial charge is 0.338 e. The first kappa shape index (κ1) is 14.4. The minimum absolute atomic E-state index is 0.393. The summed E-state index contributed by atoms with van der Waals surface area (Å²) in [6.07, 6.45) is 0.715. The number of hydrogen-bond acceptors (Lipinski definition) is 3. The van der Waals surface area contributed by atoms with Crippen LogP contribution < -0.4 is 0 Å². The van der Waals surface area contributed by atoms with Gasteiger partial charge >= 0.3 is 5.97 Å². The monoisotopic (exact) mass is 362 g/mol. The molecule has 0 aliphatic rings. The highest BCUT2D eigenvalue weighted by Gasteiger charge is 2.19. The van der Waals surface area contributed by atoms with Gasteiger partial charge in [-0.1, -0.05) is 0 Å². The summed E-state index contributed by atoms with van der Waals surface area (Å²) in [5, 5.41) is 0. The van der Waals surface area contributed by atoms with Crippen molar-refractivity contribution in [1.82, 2.24) is 0 Å². The Labute approximate surface area is 117 Å². The van der Waals surface area contributed by atoms with Crippen molar-refractivity contribution in [1.29, 1.82) is 0 Å². The third-order valence-corrected chi connectivity index (χ3v) is 3.14. The molecular formula is C12H12Br2O3. The topological polar surface area (TPSA) is 43.4 Å². The third kappa shape index (κ3) is 3.92. The van der Waals surface area contributed by atoms with Crippen LogP contribution >= 0.6 is 31.9 Å². The van der Waals surface area contributed by atoms with Crippen molar-refractivity contribution < 1.29 is 14.3 Å². The highest BCUT2D eigenvalue weighted by molar-refractivity contribution is 9.11. The van der Waals surface area contributed by atoms with Crippen LogP contribution in [0.3, 0.4) is 0 Å². The zero-order valence-electron chi connectivity index (χ0n) is 9.71. The van der Waals surface area contributed by atoms with Gasteiger partial charge in [0, 0.05) is 14.5 Å². The van der Waals surface area contributed by atoms with Crippen LogP contribution in [0.15, 0.2) is 21.1 Å². The third-order valence-electron chi connectivity index (χ3n) is 1.83. The van der Waals surface area contributed by atoms with Gasteiger partial charge in [-0.3, -0.25) is 4.79 Å². The van der Waals surface area contributed by atoms with Gasteiger partial charge in [-0.15, -0.1) is 0 Å². The highest BCUT2D eigenvalue weighted by Crippen LogP contribution is 2.27. The Morgan fingerprint density at radius 2 is 1.71 bits per heavy atom. The Balaban J connectivity index is 3.09. The summed E-state index contributed by atoms with van der Waals surface area (Å²) in [6.45, 7) is 5.40. The fourth-order valence-electron chi connectivity index (χ4n) is 1.15. The SMILES string of the molecule is CC(C)(C)OC(=O)c1cc(Br)c(C=O)c(Br)c1. The highest BCUT2D eigenvalue weighted by atomic mass is 79.9. The number of carbonyl (C=O) groups excluding carboxylic acids is 2. The first-order valence-electron chi connectivity index (χ1n) is 4.92. The summed E-state index contributed by atoms with van der Waals surface area (Å²) >= 11 is 6.47. The largest absolute Gasteiger partial charge is 0.456 e. The van der Waals surface area contributed by atoms with E-state index < -0.39 is 11.6 Å². The summed E-state index contributed by atoms with van der Waals surface area (Å²) in [7, 11) is 0. The van der Waals surface area contributed by atoms with E-state index in [1.54, 1.807) is 32.9 Å². The average molecular weight is 364 g/mol. The van der Waals surface area contributed by atoms with Crippen LogP contribution in [0, 0.1) is 0 Å². The van der Waals surface area contributed by atoms with Crippen LogP contribution in [0.4, 0.5) is 0 Å². The van der Waals surface area contributed by atoms with Crippen LogP contribution in [-0.4, -0.2) is 17.9 Å². The zero-order chi connectivity index (χ0) is 13.2. The Kier molecular flexibility index (Phi) is 4.49. The lowest BCUT2D eigenvalue weighted by atomic mass is 10.1. The fourth-order valence-corrected chi connectivity index (χ4v) is 2.53. The number of rotatable bonds is 2. The quantitative estimate of drug-likeness (QED) is 0.589. The molecule has 0 aliphatic carbocycles. The van der Waals surface area contributed by atoms with Gasteiger partial charge < -0.3 is 4.74 Å². The van der Waals surface area contributed by atoms with Crippen molar-refractivity contribution in [3.63, 3.8) is 0 Å². The molecule has 0 radical (unpaired) electrons. The van der Waals surface area contributed by atoms with Gasteiger partial charge in [0.1, 0.15) is 5.60 Å². The molecule has 3 nitrogen and oxygen atoms in total. The lowest BCUT2D eigenvalue weighted by Gasteiger charge is -2.19. The molecule has 1 aromatic rings. The molecule has 0 bridgehead atoms. The van der Waals surface area contributed by atoms with Crippen LogP contribution in [0.25, 0.3) is 0 Å². The molecule has 0 aliphatic heterocycles. The minimum Gasteiger partial charge on any atom is -0.456 e. The van der Waals surface area contributed by atoms with E-state index in [4.69, 9.17) is 4.74 Å². The van der Waals surface area contributed by atoms with E-state index in [9.17, 15) is 9.59 Å². The fraction of sp³-hybridized carbons (Fsp3) is 0.333. The lowest BCUT2D eigenvalue weighted by molar-refractivity contribution is 0.00692. The predicted molar refractivity (Wildman–Crippen MR) is 72.4 cm³/mol. The van der Waals surface area contributed by atoms with Gasteiger partial charge in [-0.2, -0.15) is 0 Å². The van der Waals surface area contributed by atoms with E-state index in [2.05, 4.69) is 31.9 Å². The van der Waals surface area contributed by atoms with Crippen LogP contribution in [0.2, 0.25) is 0 Å². The maximum atomic E-state index is 11.8. The van der Waals surface area contributed by atoms with Gasteiger partial charge in [0.05, 0.1) is 5.56 Å². The number of carbonyl (C=O) groups is 2. The van der Waals surface area contributed by atoms with E-state index in [0.29, 0.717) is 26.4 Å². The van der Waals surface area contributed by atoms with Gasteiger partial charge in [0.15, 0.2) is 6.29 Å². The molecule has 0 saturated heterocycles. The average Bonchev–Trinajstić information content (AvgIpc) is 2.14.